The van der Waals surface area contributed by atoms with Gasteiger partial charge < -0.3 is 4.72 Å². The van der Waals surface area contributed by atoms with E-state index in [0.717, 1.165) is 9.86 Å². The van der Waals surface area contributed by atoms with E-state index in [0.29, 0.717) is 0 Å². The van der Waals surface area contributed by atoms with Gasteiger partial charge in [-0.3, -0.25) is 0 Å². The topological polar surface area (TPSA) is 24.9 Å². The van der Waals surface area contributed by atoms with Gasteiger partial charge in [0, 0.05) is 17.6 Å². The molecule has 0 aliphatic heterocycles. The molecule has 0 amide bonds. The molecule has 0 fully saturated rings. The van der Waals surface area contributed by atoms with E-state index in [9.17, 15) is 0 Å². The van der Waals surface area contributed by atoms with Crippen LogP contribution in [0.25, 0.3) is 10.2 Å². The van der Waals surface area contributed by atoms with Crippen molar-refractivity contribution in [3.05, 3.63) is 36.0 Å². The normalized spacial score (nSPS) is 15.9. The first-order valence-electron chi connectivity index (χ1n) is 5.89. The van der Waals surface area contributed by atoms with E-state index in [1.54, 1.807) is 23.3 Å². The van der Waals surface area contributed by atoms with Crippen LogP contribution in [-0.2, 0) is 0 Å². The largest absolute Gasteiger partial charge is 0.328 e. The Balaban J connectivity index is 1.70. The molecule has 2 aromatic rings. The molecule has 3 rings (SSSR count). The van der Waals surface area contributed by atoms with Gasteiger partial charge in [-0.15, -0.1) is 11.3 Å². The van der Waals surface area contributed by atoms with Crippen molar-refractivity contribution in [2.45, 2.75) is 30.0 Å². The lowest BCUT2D eigenvalue weighted by Crippen LogP contribution is -2.05. The summed E-state index contributed by atoms with van der Waals surface area (Å²) in [6.07, 6.45) is 7.33. The maximum Gasteiger partial charge on any atom is 0.171 e. The third-order valence-corrected chi connectivity index (χ3v) is 4.80. The molecule has 0 unspecified atom stereocenters. The van der Waals surface area contributed by atoms with E-state index < -0.39 is 0 Å². The summed E-state index contributed by atoms with van der Waals surface area (Å²) in [5, 5.41) is 0. The van der Waals surface area contributed by atoms with E-state index in [2.05, 4.69) is 34.0 Å². The first kappa shape index (κ1) is 11.1. The molecular formula is C13H14N2S2. The number of rotatable bonds is 3. The number of hydrogen-bond donors (Lipinski definition) is 1. The Kier molecular flexibility index (Phi) is 3.34. The van der Waals surface area contributed by atoms with Gasteiger partial charge in [-0.05, 0) is 37.8 Å². The maximum atomic E-state index is 4.59. The van der Waals surface area contributed by atoms with Gasteiger partial charge in [0.1, 0.15) is 0 Å². The molecule has 1 heterocycles. The second-order valence-corrected chi connectivity index (χ2v) is 6.21. The molecule has 1 aromatic heterocycles. The Labute approximate surface area is 109 Å². The summed E-state index contributed by atoms with van der Waals surface area (Å²) in [5.41, 5.74) is 2.46. The quantitative estimate of drug-likeness (QED) is 0.832. The second kappa shape index (κ2) is 5.10. The van der Waals surface area contributed by atoms with Crippen molar-refractivity contribution in [2.75, 3.05) is 0 Å². The van der Waals surface area contributed by atoms with Gasteiger partial charge in [0.15, 0.2) is 4.34 Å². The standard InChI is InChI=1S/C13H14N2S2/c1-2-6-10(7-3-1)15-17-13-14-11-8-4-5-9-12(11)16-13/h4-6,8-9,15H,1-3,7H2. The van der Waals surface area contributed by atoms with Crippen molar-refractivity contribution in [3.63, 3.8) is 0 Å². The predicted octanol–water partition coefficient (Wildman–Crippen LogP) is 4.35. The van der Waals surface area contributed by atoms with Gasteiger partial charge in [-0.1, -0.05) is 18.2 Å². The van der Waals surface area contributed by atoms with Crippen LogP contribution in [0.15, 0.2) is 40.4 Å². The number of benzene rings is 1. The minimum atomic E-state index is 1.10. The predicted molar refractivity (Wildman–Crippen MR) is 75.2 cm³/mol. The average molecular weight is 262 g/mol. The van der Waals surface area contributed by atoms with Crippen LogP contribution in [0.4, 0.5) is 0 Å². The number of fused-ring (bicyclic) bond motifs is 1. The van der Waals surface area contributed by atoms with Crippen LogP contribution in [0.2, 0.25) is 0 Å². The van der Waals surface area contributed by atoms with Crippen LogP contribution in [0.5, 0.6) is 0 Å². The highest BCUT2D eigenvalue weighted by molar-refractivity contribution is 7.99. The third-order valence-electron chi connectivity index (χ3n) is 2.83. The second-order valence-electron chi connectivity index (χ2n) is 4.13. The van der Waals surface area contributed by atoms with E-state index in [-0.39, 0.29) is 0 Å². The first-order valence-corrected chi connectivity index (χ1v) is 7.52. The lowest BCUT2D eigenvalue weighted by atomic mass is 10.1. The van der Waals surface area contributed by atoms with Gasteiger partial charge >= 0.3 is 0 Å². The maximum absolute atomic E-state index is 4.59. The third kappa shape index (κ3) is 2.64. The summed E-state index contributed by atoms with van der Waals surface area (Å²) in [5.74, 6) is 0. The lowest BCUT2D eigenvalue weighted by molar-refractivity contribution is 0.687. The summed E-state index contributed by atoms with van der Waals surface area (Å²) in [7, 11) is 0. The number of allylic oxidation sites excluding steroid dienone is 2. The molecule has 0 atom stereocenters. The molecule has 0 radical (unpaired) electrons. The lowest BCUT2D eigenvalue weighted by Gasteiger charge is -2.12. The molecule has 4 heteroatoms. The van der Waals surface area contributed by atoms with Gasteiger partial charge in [0.05, 0.1) is 10.2 Å². The zero-order valence-electron chi connectivity index (χ0n) is 9.48. The molecule has 17 heavy (non-hydrogen) atoms. The molecule has 0 saturated carbocycles. The fourth-order valence-electron chi connectivity index (χ4n) is 1.93. The van der Waals surface area contributed by atoms with Crippen LogP contribution >= 0.6 is 23.3 Å². The zero-order chi connectivity index (χ0) is 11.5. The Morgan fingerprint density at radius 1 is 1.24 bits per heavy atom. The zero-order valence-corrected chi connectivity index (χ0v) is 11.1. The van der Waals surface area contributed by atoms with E-state index in [1.165, 1.54) is 36.1 Å². The molecular weight excluding hydrogens is 248 g/mol. The van der Waals surface area contributed by atoms with Crippen molar-refractivity contribution < 1.29 is 0 Å². The van der Waals surface area contributed by atoms with Crippen LogP contribution in [0.3, 0.4) is 0 Å². The van der Waals surface area contributed by atoms with Gasteiger partial charge in [-0.2, -0.15) is 0 Å². The summed E-state index contributed by atoms with van der Waals surface area (Å²) >= 11 is 3.39. The van der Waals surface area contributed by atoms with Crippen LogP contribution in [0.1, 0.15) is 25.7 Å². The minimum Gasteiger partial charge on any atom is -0.328 e. The highest BCUT2D eigenvalue weighted by Gasteiger charge is 2.06. The van der Waals surface area contributed by atoms with Crippen molar-refractivity contribution in [1.29, 1.82) is 0 Å². The molecule has 1 aliphatic carbocycles. The molecule has 1 N–H and O–H groups in total. The number of nitrogens with zero attached hydrogens (tertiary/aromatic N) is 1. The molecule has 2 nitrogen and oxygen atoms in total. The van der Waals surface area contributed by atoms with Crippen molar-refractivity contribution in [1.82, 2.24) is 9.71 Å². The summed E-state index contributed by atoms with van der Waals surface area (Å²) in [6, 6.07) is 8.28. The smallest absolute Gasteiger partial charge is 0.171 e. The van der Waals surface area contributed by atoms with E-state index in [4.69, 9.17) is 0 Å². The van der Waals surface area contributed by atoms with Gasteiger partial charge in [0.25, 0.3) is 0 Å². The Bertz CT molecular complexity index is 512. The van der Waals surface area contributed by atoms with Gasteiger partial charge in [-0.25, -0.2) is 4.98 Å². The first-order chi connectivity index (χ1) is 8.42. The highest BCUT2D eigenvalue weighted by Crippen LogP contribution is 2.29. The minimum absolute atomic E-state index is 1.10. The van der Waals surface area contributed by atoms with E-state index >= 15 is 0 Å². The number of nitrogens with one attached hydrogen (secondary N) is 1. The molecule has 0 bridgehead atoms. The fourth-order valence-corrected chi connectivity index (χ4v) is 3.74. The van der Waals surface area contributed by atoms with Crippen molar-refractivity contribution in [2.24, 2.45) is 0 Å². The summed E-state index contributed by atoms with van der Waals surface area (Å²) in [6.45, 7) is 0. The van der Waals surface area contributed by atoms with Crippen molar-refractivity contribution in [3.8, 4) is 0 Å². The number of para-hydroxylation sites is 1. The number of aromatic nitrogens is 1. The number of thiazole rings is 1. The average Bonchev–Trinajstić information content (AvgIpc) is 2.80. The van der Waals surface area contributed by atoms with Gasteiger partial charge in [0.2, 0.25) is 0 Å². The molecule has 88 valence electrons. The Hall–Kier alpha value is -1.00. The SMILES string of the molecule is C1=C(NSc2nc3ccccc3s2)CCCC1. The Morgan fingerprint density at radius 3 is 3.00 bits per heavy atom. The van der Waals surface area contributed by atoms with Crippen LogP contribution < -0.4 is 4.72 Å². The molecule has 1 aromatic carbocycles. The molecule has 0 saturated heterocycles. The highest BCUT2D eigenvalue weighted by atomic mass is 32.2. The van der Waals surface area contributed by atoms with Crippen LogP contribution in [-0.4, -0.2) is 4.98 Å². The summed E-state index contributed by atoms with van der Waals surface area (Å²) in [4.78, 5) is 4.59. The van der Waals surface area contributed by atoms with Crippen LogP contribution in [0, 0.1) is 0 Å². The monoisotopic (exact) mass is 262 g/mol. The Morgan fingerprint density at radius 2 is 2.18 bits per heavy atom. The van der Waals surface area contributed by atoms with E-state index in [1.807, 2.05) is 6.07 Å². The van der Waals surface area contributed by atoms with Crippen molar-refractivity contribution >= 4 is 33.5 Å². The fraction of sp³-hybridized carbons (Fsp3) is 0.308. The summed E-state index contributed by atoms with van der Waals surface area (Å²) < 4.78 is 5.78. The molecule has 1 aliphatic rings. The molecule has 0 spiro atoms. The number of hydrogen-bond acceptors (Lipinski definition) is 4.